The molecule has 0 fully saturated rings. The van der Waals surface area contributed by atoms with Crippen molar-refractivity contribution in [3.63, 3.8) is 0 Å². The zero-order chi connectivity index (χ0) is 10.7. The lowest BCUT2D eigenvalue weighted by Gasteiger charge is -1.95. The quantitative estimate of drug-likeness (QED) is 0.833. The average molecular weight is 223 g/mol. The summed E-state index contributed by atoms with van der Waals surface area (Å²) in [5.41, 5.74) is 1.04. The molecule has 2 aromatic rings. The Morgan fingerprint density at radius 2 is 2.40 bits per heavy atom. The van der Waals surface area contributed by atoms with Crippen molar-refractivity contribution in [2.24, 2.45) is 0 Å². The van der Waals surface area contributed by atoms with E-state index in [0.717, 1.165) is 16.5 Å². The zero-order valence-corrected chi connectivity index (χ0v) is 9.58. The van der Waals surface area contributed by atoms with Gasteiger partial charge in [-0.2, -0.15) is 5.10 Å². The Hall–Kier alpha value is -1.27. The van der Waals surface area contributed by atoms with E-state index in [0.29, 0.717) is 13.1 Å². The third-order valence-corrected chi connectivity index (χ3v) is 2.73. The molecule has 2 rings (SSSR count). The minimum absolute atomic E-state index is 0.695. The van der Waals surface area contributed by atoms with Crippen molar-refractivity contribution in [2.45, 2.75) is 20.0 Å². The van der Waals surface area contributed by atoms with Crippen LogP contribution in [-0.4, -0.2) is 26.8 Å². The Bertz CT molecular complexity index is 433. The maximum atomic E-state index is 4.38. The number of thiazole rings is 1. The van der Waals surface area contributed by atoms with Gasteiger partial charge in [-0.05, 0) is 14.0 Å². The second kappa shape index (κ2) is 4.50. The summed E-state index contributed by atoms with van der Waals surface area (Å²) in [4.78, 5) is 8.55. The molecular formula is C9H13N5S. The number of hydrogen-bond acceptors (Lipinski definition) is 5. The summed E-state index contributed by atoms with van der Waals surface area (Å²) < 4.78 is 1.81. The first kappa shape index (κ1) is 10.3. The van der Waals surface area contributed by atoms with Crippen LogP contribution in [0.3, 0.4) is 0 Å². The van der Waals surface area contributed by atoms with Gasteiger partial charge in [0.1, 0.15) is 6.33 Å². The maximum Gasteiger partial charge on any atom is 0.164 e. The Morgan fingerprint density at radius 3 is 3.07 bits per heavy atom. The summed E-state index contributed by atoms with van der Waals surface area (Å²) in [7, 11) is 1.88. The third kappa shape index (κ3) is 2.60. The molecule has 0 unspecified atom stereocenters. The molecule has 6 heteroatoms. The first-order chi connectivity index (χ1) is 7.28. The van der Waals surface area contributed by atoms with Gasteiger partial charge < -0.3 is 5.32 Å². The molecule has 0 aliphatic rings. The molecule has 15 heavy (non-hydrogen) atoms. The van der Waals surface area contributed by atoms with Gasteiger partial charge in [0.2, 0.25) is 0 Å². The first-order valence-corrected chi connectivity index (χ1v) is 5.60. The van der Waals surface area contributed by atoms with Gasteiger partial charge in [-0.25, -0.2) is 14.6 Å². The van der Waals surface area contributed by atoms with Crippen LogP contribution in [0.1, 0.15) is 16.5 Å². The van der Waals surface area contributed by atoms with Crippen LogP contribution in [0.25, 0.3) is 0 Å². The molecule has 0 aliphatic carbocycles. The van der Waals surface area contributed by atoms with Crippen LogP contribution in [0.4, 0.5) is 0 Å². The van der Waals surface area contributed by atoms with Crippen molar-refractivity contribution in [1.82, 2.24) is 25.1 Å². The monoisotopic (exact) mass is 223 g/mol. The third-order valence-electron chi connectivity index (χ3n) is 1.91. The van der Waals surface area contributed by atoms with E-state index in [2.05, 4.69) is 25.8 Å². The van der Waals surface area contributed by atoms with Crippen LogP contribution in [0, 0.1) is 6.92 Å². The van der Waals surface area contributed by atoms with Crippen molar-refractivity contribution in [3.05, 3.63) is 28.2 Å². The Balaban J connectivity index is 2.04. The Labute approximate surface area is 92.2 Å². The summed E-state index contributed by atoms with van der Waals surface area (Å²) in [6.45, 7) is 3.39. The molecule has 2 heterocycles. The molecule has 80 valence electrons. The summed E-state index contributed by atoms with van der Waals surface area (Å²) >= 11 is 1.66. The topological polar surface area (TPSA) is 55.6 Å². The van der Waals surface area contributed by atoms with Crippen molar-refractivity contribution in [2.75, 3.05) is 7.05 Å². The van der Waals surface area contributed by atoms with Crippen LogP contribution in [-0.2, 0) is 13.1 Å². The standard InChI is InChI=1S/C9H13N5S/c1-7-12-8(5-15-7)4-14-6-11-9(13-14)3-10-2/h5-6,10H,3-4H2,1-2H3. The minimum atomic E-state index is 0.695. The van der Waals surface area contributed by atoms with Crippen LogP contribution in [0.15, 0.2) is 11.7 Å². The fourth-order valence-electron chi connectivity index (χ4n) is 1.30. The number of hydrogen-bond donors (Lipinski definition) is 1. The first-order valence-electron chi connectivity index (χ1n) is 4.72. The fraction of sp³-hybridized carbons (Fsp3) is 0.444. The number of nitrogens with one attached hydrogen (secondary N) is 1. The van der Waals surface area contributed by atoms with Crippen LogP contribution in [0.5, 0.6) is 0 Å². The molecular weight excluding hydrogens is 210 g/mol. The summed E-state index contributed by atoms with van der Waals surface area (Å²) in [6, 6.07) is 0. The highest BCUT2D eigenvalue weighted by Crippen LogP contribution is 2.08. The highest BCUT2D eigenvalue weighted by Gasteiger charge is 2.02. The predicted molar refractivity (Wildman–Crippen MR) is 58.7 cm³/mol. The minimum Gasteiger partial charge on any atom is -0.313 e. The summed E-state index contributed by atoms with van der Waals surface area (Å²) in [5, 5.41) is 10.5. The maximum absolute atomic E-state index is 4.38. The molecule has 0 aromatic carbocycles. The Kier molecular flexibility index (Phi) is 3.08. The number of rotatable bonds is 4. The number of aryl methyl sites for hydroxylation is 1. The summed E-state index contributed by atoms with van der Waals surface area (Å²) in [5.74, 6) is 0.810. The van der Waals surface area contributed by atoms with Crippen molar-refractivity contribution in [1.29, 1.82) is 0 Å². The van der Waals surface area contributed by atoms with E-state index in [9.17, 15) is 0 Å². The molecule has 0 spiro atoms. The van der Waals surface area contributed by atoms with Crippen LogP contribution >= 0.6 is 11.3 Å². The van der Waals surface area contributed by atoms with E-state index in [1.54, 1.807) is 22.3 Å². The van der Waals surface area contributed by atoms with E-state index in [-0.39, 0.29) is 0 Å². The van der Waals surface area contributed by atoms with Gasteiger partial charge in [-0.1, -0.05) is 0 Å². The molecule has 1 N–H and O–H groups in total. The van der Waals surface area contributed by atoms with E-state index in [4.69, 9.17) is 0 Å². The second-order valence-electron chi connectivity index (χ2n) is 3.25. The molecule has 0 saturated heterocycles. The van der Waals surface area contributed by atoms with Gasteiger partial charge >= 0.3 is 0 Å². The molecule has 2 aromatic heterocycles. The SMILES string of the molecule is CNCc1ncn(Cc2csc(C)n2)n1. The zero-order valence-electron chi connectivity index (χ0n) is 8.77. The second-order valence-corrected chi connectivity index (χ2v) is 4.31. The highest BCUT2D eigenvalue weighted by atomic mass is 32.1. The molecule has 0 aliphatic heterocycles. The van der Waals surface area contributed by atoms with Gasteiger partial charge in [0, 0.05) is 5.38 Å². The number of nitrogens with zero attached hydrogens (tertiary/aromatic N) is 4. The van der Waals surface area contributed by atoms with E-state index < -0.39 is 0 Å². The lowest BCUT2D eigenvalue weighted by molar-refractivity contribution is 0.650. The lowest BCUT2D eigenvalue weighted by Crippen LogP contribution is -2.08. The van der Waals surface area contributed by atoms with E-state index in [1.807, 2.05) is 14.0 Å². The van der Waals surface area contributed by atoms with Crippen molar-refractivity contribution >= 4 is 11.3 Å². The summed E-state index contributed by atoms with van der Waals surface area (Å²) in [6.07, 6.45) is 1.74. The predicted octanol–water partition coefficient (Wildman–Crippen LogP) is 0.811. The lowest BCUT2D eigenvalue weighted by atomic mass is 10.5. The molecule has 5 nitrogen and oxygen atoms in total. The normalized spacial score (nSPS) is 10.8. The highest BCUT2D eigenvalue weighted by molar-refractivity contribution is 7.09. The largest absolute Gasteiger partial charge is 0.313 e. The van der Waals surface area contributed by atoms with Gasteiger partial charge in [0.25, 0.3) is 0 Å². The van der Waals surface area contributed by atoms with Crippen LogP contribution < -0.4 is 5.32 Å². The molecule has 0 saturated carbocycles. The van der Waals surface area contributed by atoms with Gasteiger partial charge in [0.15, 0.2) is 5.82 Å². The van der Waals surface area contributed by atoms with Crippen LogP contribution in [0.2, 0.25) is 0 Å². The van der Waals surface area contributed by atoms with Gasteiger partial charge in [-0.3, -0.25) is 0 Å². The van der Waals surface area contributed by atoms with Gasteiger partial charge in [-0.15, -0.1) is 11.3 Å². The van der Waals surface area contributed by atoms with E-state index in [1.165, 1.54) is 0 Å². The number of aromatic nitrogens is 4. The average Bonchev–Trinajstić information content (AvgIpc) is 2.78. The smallest absolute Gasteiger partial charge is 0.164 e. The van der Waals surface area contributed by atoms with Crippen molar-refractivity contribution in [3.8, 4) is 0 Å². The Morgan fingerprint density at radius 1 is 1.53 bits per heavy atom. The van der Waals surface area contributed by atoms with E-state index >= 15 is 0 Å². The van der Waals surface area contributed by atoms with Crippen molar-refractivity contribution < 1.29 is 0 Å². The fourth-order valence-corrected chi connectivity index (χ4v) is 1.90. The molecule has 0 amide bonds. The van der Waals surface area contributed by atoms with Gasteiger partial charge in [0.05, 0.1) is 23.8 Å². The molecule has 0 radical (unpaired) electrons. The molecule has 0 atom stereocenters. The molecule has 0 bridgehead atoms.